The molecule has 0 aliphatic heterocycles. The third-order valence-corrected chi connectivity index (χ3v) is 8.97. The molecule has 5 N–H and O–H groups in total. The van der Waals surface area contributed by atoms with E-state index in [4.69, 9.17) is 30.0 Å². The van der Waals surface area contributed by atoms with E-state index in [9.17, 15) is 8.78 Å². The van der Waals surface area contributed by atoms with Crippen molar-refractivity contribution in [3.63, 3.8) is 0 Å². The smallest absolute Gasteiger partial charge is 0.213 e. The number of pyridine rings is 4. The summed E-state index contributed by atoms with van der Waals surface area (Å²) in [5, 5.41) is 11.4. The molecule has 290 valence electrons. The van der Waals surface area contributed by atoms with Gasteiger partial charge in [0.05, 0.1) is 28.2 Å². The molecule has 0 atom stereocenters. The second kappa shape index (κ2) is 17.0. The Morgan fingerprint density at radius 2 is 1.26 bits per heavy atom. The van der Waals surface area contributed by atoms with Crippen molar-refractivity contribution in [2.24, 2.45) is 0 Å². The Kier molecular flexibility index (Phi) is 10.9. The molecule has 0 bridgehead atoms. The highest BCUT2D eigenvalue weighted by Crippen LogP contribution is 2.28. The minimum absolute atomic E-state index is 0.139. The van der Waals surface area contributed by atoms with Gasteiger partial charge in [0.25, 0.3) is 0 Å². The van der Waals surface area contributed by atoms with E-state index in [1.807, 2.05) is 60.7 Å². The van der Waals surface area contributed by atoms with Crippen molar-refractivity contribution < 1.29 is 27.3 Å². The summed E-state index contributed by atoms with van der Waals surface area (Å²) in [4.78, 5) is 17.4. The van der Waals surface area contributed by atoms with Gasteiger partial charge in [-0.15, -0.1) is 0 Å². The molecule has 0 saturated heterocycles. The first-order valence-electron chi connectivity index (χ1n) is 18.1. The maximum atomic E-state index is 13.5. The molecular formula is C43H35F2N9O4. The van der Waals surface area contributed by atoms with Gasteiger partial charge in [-0.1, -0.05) is 40.6 Å². The van der Waals surface area contributed by atoms with Crippen LogP contribution < -0.4 is 26.3 Å². The maximum absolute atomic E-state index is 13.5. The zero-order chi connectivity index (χ0) is 39.8. The van der Waals surface area contributed by atoms with Crippen LogP contribution >= 0.6 is 0 Å². The number of hydrogen-bond acceptors (Lipinski definition) is 13. The summed E-state index contributed by atoms with van der Waals surface area (Å²) in [6, 6.07) is 29.4. The van der Waals surface area contributed by atoms with Crippen LogP contribution in [0, 0.1) is 11.6 Å². The van der Waals surface area contributed by atoms with Crippen LogP contribution in [-0.4, -0.2) is 30.2 Å². The summed E-state index contributed by atoms with van der Waals surface area (Å²) >= 11 is 0. The first-order valence-corrected chi connectivity index (χ1v) is 18.1. The van der Waals surface area contributed by atoms with Crippen LogP contribution in [0.3, 0.4) is 0 Å². The first-order chi connectivity index (χ1) is 28.3. The Balaban J connectivity index is 0.801. The molecule has 8 aromatic rings. The van der Waals surface area contributed by atoms with Crippen molar-refractivity contribution in [1.82, 2.24) is 30.2 Å². The van der Waals surface area contributed by atoms with Gasteiger partial charge in [-0.05, 0) is 64.7 Å². The van der Waals surface area contributed by atoms with Crippen LogP contribution in [0.25, 0.3) is 22.6 Å². The molecule has 15 heteroatoms. The predicted molar refractivity (Wildman–Crippen MR) is 211 cm³/mol. The van der Waals surface area contributed by atoms with Crippen molar-refractivity contribution in [2.45, 2.75) is 32.6 Å². The van der Waals surface area contributed by atoms with Gasteiger partial charge in [0.15, 0.2) is 11.5 Å². The van der Waals surface area contributed by atoms with Gasteiger partial charge in [0.1, 0.15) is 36.5 Å². The second-order valence-corrected chi connectivity index (χ2v) is 13.3. The van der Waals surface area contributed by atoms with Gasteiger partial charge in [-0.3, -0.25) is 0 Å². The molecule has 6 aromatic heterocycles. The fourth-order valence-electron chi connectivity index (χ4n) is 6.05. The number of hydrogen-bond donors (Lipinski definition) is 3. The molecule has 58 heavy (non-hydrogen) atoms. The van der Waals surface area contributed by atoms with Gasteiger partial charge in [-0.25, -0.2) is 28.7 Å². The number of halogens is 2. The molecule has 8 rings (SSSR count). The van der Waals surface area contributed by atoms with E-state index in [1.165, 1.54) is 12.1 Å². The quantitative estimate of drug-likeness (QED) is 0.0910. The Morgan fingerprint density at radius 3 is 1.97 bits per heavy atom. The molecule has 0 fully saturated rings. The van der Waals surface area contributed by atoms with Crippen molar-refractivity contribution in [1.29, 1.82) is 0 Å². The fourth-order valence-corrected chi connectivity index (χ4v) is 6.05. The zero-order valence-electron chi connectivity index (χ0n) is 30.8. The lowest BCUT2D eigenvalue weighted by Crippen LogP contribution is -2.04. The van der Waals surface area contributed by atoms with Crippen LogP contribution in [0.15, 0.2) is 131 Å². The van der Waals surface area contributed by atoms with Crippen LogP contribution in [0.2, 0.25) is 0 Å². The van der Waals surface area contributed by atoms with Crippen molar-refractivity contribution in [3.8, 4) is 34.4 Å². The lowest BCUT2D eigenvalue weighted by Gasteiger charge is -2.09. The summed E-state index contributed by atoms with van der Waals surface area (Å²) in [7, 11) is 0. The molecule has 0 aliphatic carbocycles. The van der Waals surface area contributed by atoms with E-state index in [1.54, 1.807) is 42.9 Å². The maximum Gasteiger partial charge on any atom is 0.213 e. The van der Waals surface area contributed by atoms with E-state index in [0.717, 1.165) is 39.7 Å². The fraction of sp³-hybridized carbons (Fsp3) is 0.116. The summed E-state index contributed by atoms with van der Waals surface area (Å²) in [5.41, 5.74) is 19.8. The van der Waals surface area contributed by atoms with Gasteiger partial charge in [0, 0.05) is 74.0 Å². The number of benzene rings is 2. The average Bonchev–Trinajstić information content (AvgIpc) is 3.89. The van der Waals surface area contributed by atoms with E-state index in [-0.39, 0.29) is 19.0 Å². The standard InChI is InChI=1S/C43H35F2N9O4/c44-30-17-31(45)19-33(18-30)50-22-27-5-3-26(4-6-27)14-34-20-39(58-53-34)37-9-8-32(52-43(37)47)25-56-41-16-29(11-13-48-41)24-55-40-10-7-28(23-51-40)15-35-21-38(57-54-35)36-2-1-12-49-42(36)46/h1-13,16-21,23,50H,14-15,22,24-25H2,(H2,46,49)(H2,47,52). The van der Waals surface area contributed by atoms with Gasteiger partial charge in [0.2, 0.25) is 11.8 Å². The van der Waals surface area contributed by atoms with Gasteiger partial charge in [-0.2, -0.15) is 0 Å². The van der Waals surface area contributed by atoms with Crippen molar-refractivity contribution in [2.75, 3.05) is 16.8 Å². The Labute approximate surface area is 330 Å². The number of aromatic nitrogens is 6. The lowest BCUT2D eigenvalue weighted by molar-refractivity contribution is 0.280. The molecule has 0 aliphatic rings. The number of anilines is 3. The third-order valence-electron chi connectivity index (χ3n) is 8.97. The normalized spacial score (nSPS) is 11.1. The molecule has 0 spiro atoms. The first kappa shape index (κ1) is 37.3. The monoisotopic (exact) mass is 779 g/mol. The van der Waals surface area contributed by atoms with Crippen molar-refractivity contribution in [3.05, 3.63) is 173 Å². The number of ether oxygens (including phenoxy) is 2. The molecular weight excluding hydrogens is 745 g/mol. The third kappa shape index (κ3) is 9.39. The van der Waals surface area contributed by atoms with E-state index in [0.29, 0.717) is 71.0 Å². The summed E-state index contributed by atoms with van der Waals surface area (Å²) < 4.78 is 49.9. The van der Waals surface area contributed by atoms with Crippen molar-refractivity contribution >= 4 is 17.3 Å². The highest BCUT2D eigenvalue weighted by atomic mass is 19.1. The SMILES string of the molecule is Nc1ncccc1-c1cc(Cc2ccc(OCc3ccnc(OCc4ccc(-c5cc(Cc6ccc(CNc7cc(F)cc(F)c7)cc6)no5)c(N)n4)c3)nc2)no1. The highest BCUT2D eigenvalue weighted by Gasteiger charge is 2.14. The predicted octanol–water partition coefficient (Wildman–Crippen LogP) is 7.97. The number of nitrogens with two attached hydrogens (primary N) is 2. The number of nitrogens with zero attached hydrogens (tertiary/aromatic N) is 6. The topological polar surface area (TPSA) is 186 Å². The highest BCUT2D eigenvalue weighted by molar-refractivity contribution is 5.70. The lowest BCUT2D eigenvalue weighted by atomic mass is 10.1. The number of rotatable bonds is 15. The van der Waals surface area contributed by atoms with Crippen LogP contribution in [0.4, 0.5) is 26.1 Å². The number of nitrogen functional groups attached to an aromatic ring is 2. The van der Waals surface area contributed by atoms with E-state index >= 15 is 0 Å². The summed E-state index contributed by atoms with van der Waals surface area (Å²) in [5.74, 6) is 1.30. The van der Waals surface area contributed by atoms with Crippen LogP contribution in [-0.2, 0) is 32.6 Å². The molecule has 13 nitrogen and oxygen atoms in total. The second-order valence-electron chi connectivity index (χ2n) is 13.3. The molecule has 0 saturated carbocycles. The zero-order valence-corrected chi connectivity index (χ0v) is 30.8. The molecule has 0 amide bonds. The average molecular weight is 780 g/mol. The minimum Gasteiger partial charge on any atom is -0.473 e. The Hall–Kier alpha value is -7.68. The van der Waals surface area contributed by atoms with E-state index in [2.05, 4.69) is 35.6 Å². The van der Waals surface area contributed by atoms with Gasteiger partial charge >= 0.3 is 0 Å². The largest absolute Gasteiger partial charge is 0.473 e. The molecule has 2 aromatic carbocycles. The molecule has 0 radical (unpaired) electrons. The number of nitrogens with one attached hydrogen (secondary N) is 1. The molecule has 6 heterocycles. The van der Waals surface area contributed by atoms with E-state index < -0.39 is 11.6 Å². The summed E-state index contributed by atoms with van der Waals surface area (Å²) in [6.45, 7) is 0.811. The van der Waals surface area contributed by atoms with Crippen LogP contribution in [0.5, 0.6) is 11.8 Å². The van der Waals surface area contributed by atoms with Crippen LogP contribution in [0.1, 0.15) is 39.3 Å². The minimum atomic E-state index is -0.630. The van der Waals surface area contributed by atoms with Gasteiger partial charge < -0.3 is 35.3 Å². The Bertz CT molecular complexity index is 2630. The molecule has 0 unspecified atom stereocenters. The Morgan fingerprint density at radius 1 is 0.569 bits per heavy atom. The summed E-state index contributed by atoms with van der Waals surface area (Å²) in [6.07, 6.45) is 6.06.